The fourth-order valence-electron chi connectivity index (χ4n) is 2.01. The number of aliphatic carboxylic acids is 1. The summed E-state index contributed by atoms with van der Waals surface area (Å²) in [7, 11) is 0. The smallest absolute Gasteiger partial charge is 0.305 e. The second-order valence-corrected chi connectivity index (χ2v) is 4.63. The molecule has 0 saturated carbocycles. The topological polar surface area (TPSA) is 61.4 Å². The molecular weight excluding hydrogens is 242 g/mol. The minimum atomic E-state index is -1.00. The van der Waals surface area contributed by atoms with Crippen LogP contribution in [0, 0.1) is 18.6 Å². The highest BCUT2D eigenvalue weighted by atomic mass is 19.1. The molecule has 1 aliphatic heterocycles. The van der Waals surface area contributed by atoms with E-state index < -0.39 is 23.1 Å². The van der Waals surface area contributed by atoms with Gasteiger partial charge in [0.15, 0.2) is 5.82 Å². The van der Waals surface area contributed by atoms with Gasteiger partial charge in [-0.25, -0.2) is 8.78 Å². The van der Waals surface area contributed by atoms with Crippen molar-refractivity contribution in [2.75, 3.05) is 18.4 Å². The number of aryl methyl sites for hydroxylation is 1. The number of carboxylic acids is 1. The van der Waals surface area contributed by atoms with Crippen molar-refractivity contribution in [2.45, 2.75) is 18.9 Å². The van der Waals surface area contributed by atoms with Crippen molar-refractivity contribution >= 4 is 11.7 Å². The van der Waals surface area contributed by atoms with Gasteiger partial charge in [-0.1, -0.05) is 6.07 Å². The number of benzene rings is 1. The zero-order valence-corrected chi connectivity index (χ0v) is 9.89. The van der Waals surface area contributed by atoms with Crippen molar-refractivity contribution in [3.05, 3.63) is 29.3 Å². The monoisotopic (exact) mass is 256 g/mol. The second-order valence-electron chi connectivity index (χ2n) is 4.63. The van der Waals surface area contributed by atoms with Crippen LogP contribution in [0.25, 0.3) is 0 Å². The zero-order chi connectivity index (χ0) is 13.3. The molecule has 0 bridgehead atoms. The first-order valence-electron chi connectivity index (χ1n) is 5.59. The van der Waals surface area contributed by atoms with Gasteiger partial charge >= 0.3 is 5.97 Å². The number of hydrogen-bond acceptors (Lipinski definition) is 3. The standard InChI is InChI=1S/C12H14F2N2O2/c1-7-2-3-8(13)11(10(7)14)16-12(4-9(17)18)5-15-6-12/h2-3,15-16H,4-6H2,1H3,(H,17,18). The van der Waals surface area contributed by atoms with Gasteiger partial charge in [0.05, 0.1) is 12.0 Å². The Hall–Kier alpha value is -1.69. The quantitative estimate of drug-likeness (QED) is 0.764. The van der Waals surface area contributed by atoms with Gasteiger partial charge < -0.3 is 15.7 Å². The lowest BCUT2D eigenvalue weighted by molar-refractivity contribution is -0.138. The highest BCUT2D eigenvalue weighted by Crippen LogP contribution is 2.28. The number of carboxylic acid groups (broad SMARTS) is 1. The summed E-state index contributed by atoms with van der Waals surface area (Å²) in [6.45, 7) is 2.26. The number of nitrogens with one attached hydrogen (secondary N) is 2. The fraction of sp³-hybridized carbons (Fsp3) is 0.417. The molecule has 3 N–H and O–H groups in total. The van der Waals surface area contributed by atoms with Gasteiger partial charge in [-0.15, -0.1) is 0 Å². The number of carbonyl (C=O) groups is 1. The third-order valence-electron chi connectivity index (χ3n) is 3.09. The lowest BCUT2D eigenvalue weighted by Gasteiger charge is -2.43. The molecule has 2 rings (SSSR count). The van der Waals surface area contributed by atoms with Crippen molar-refractivity contribution in [1.29, 1.82) is 0 Å². The normalized spacial score (nSPS) is 17.1. The summed E-state index contributed by atoms with van der Waals surface area (Å²) in [5, 5.41) is 14.4. The molecule has 0 unspecified atom stereocenters. The first kappa shape index (κ1) is 12.8. The maximum Gasteiger partial charge on any atom is 0.305 e. The molecule has 1 fully saturated rings. The SMILES string of the molecule is Cc1ccc(F)c(NC2(CC(=O)O)CNC2)c1F. The van der Waals surface area contributed by atoms with E-state index in [0.717, 1.165) is 0 Å². The lowest BCUT2D eigenvalue weighted by Crippen LogP contribution is -2.65. The van der Waals surface area contributed by atoms with E-state index in [1.165, 1.54) is 19.1 Å². The molecule has 1 aromatic rings. The predicted molar refractivity (Wildman–Crippen MR) is 62.6 cm³/mol. The molecule has 1 heterocycles. The van der Waals surface area contributed by atoms with Crippen LogP contribution in [-0.4, -0.2) is 29.7 Å². The lowest BCUT2D eigenvalue weighted by atomic mass is 9.88. The first-order chi connectivity index (χ1) is 8.43. The average Bonchev–Trinajstić information content (AvgIpc) is 2.25. The highest BCUT2D eigenvalue weighted by Gasteiger charge is 2.40. The van der Waals surface area contributed by atoms with Crippen LogP contribution >= 0.6 is 0 Å². The first-order valence-corrected chi connectivity index (χ1v) is 5.59. The van der Waals surface area contributed by atoms with Crippen LogP contribution in [0.5, 0.6) is 0 Å². The Balaban J connectivity index is 2.27. The van der Waals surface area contributed by atoms with Gasteiger partial charge in [0.25, 0.3) is 0 Å². The molecule has 1 aliphatic rings. The number of rotatable bonds is 4. The van der Waals surface area contributed by atoms with Crippen molar-refractivity contribution in [1.82, 2.24) is 5.32 Å². The summed E-state index contributed by atoms with van der Waals surface area (Å²) in [5.41, 5.74) is -0.754. The Labute approximate surface area is 103 Å². The summed E-state index contributed by atoms with van der Waals surface area (Å²) < 4.78 is 27.4. The van der Waals surface area contributed by atoms with E-state index in [9.17, 15) is 13.6 Å². The largest absolute Gasteiger partial charge is 0.481 e. The minimum absolute atomic E-state index is 0.188. The molecular formula is C12H14F2N2O2. The molecule has 0 aromatic heterocycles. The van der Waals surface area contributed by atoms with Crippen LogP contribution in [0.3, 0.4) is 0 Å². The molecule has 0 atom stereocenters. The molecule has 0 spiro atoms. The van der Waals surface area contributed by atoms with E-state index in [0.29, 0.717) is 18.7 Å². The van der Waals surface area contributed by atoms with Gasteiger partial charge in [-0.3, -0.25) is 4.79 Å². The molecule has 1 aromatic carbocycles. The fourth-order valence-corrected chi connectivity index (χ4v) is 2.01. The summed E-state index contributed by atoms with van der Waals surface area (Å²) in [6.07, 6.45) is -0.188. The van der Waals surface area contributed by atoms with E-state index in [4.69, 9.17) is 5.11 Å². The molecule has 0 amide bonds. The summed E-state index contributed by atoms with van der Waals surface area (Å²) in [6, 6.07) is 2.51. The van der Waals surface area contributed by atoms with Crippen molar-refractivity contribution in [2.24, 2.45) is 0 Å². The third-order valence-corrected chi connectivity index (χ3v) is 3.09. The van der Waals surface area contributed by atoms with Crippen LogP contribution in [0.1, 0.15) is 12.0 Å². The van der Waals surface area contributed by atoms with E-state index >= 15 is 0 Å². The number of hydrogen-bond donors (Lipinski definition) is 3. The molecule has 1 saturated heterocycles. The molecule has 0 aliphatic carbocycles. The summed E-state index contributed by atoms with van der Waals surface area (Å²) in [4.78, 5) is 10.8. The molecule has 98 valence electrons. The van der Waals surface area contributed by atoms with Crippen molar-refractivity contribution < 1.29 is 18.7 Å². The predicted octanol–water partition coefficient (Wildman–Crippen LogP) is 1.50. The van der Waals surface area contributed by atoms with E-state index in [1.807, 2.05) is 0 Å². The Morgan fingerprint density at radius 2 is 2.17 bits per heavy atom. The Morgan fingerprint density at radius 3 is 2.67 bits per heavy atom. The van der Waals surface area contributed by atoms with Crippen LogP contribution in [0.2, 0.25) is 0 Å². The van der Waals surface area contributed by atoms with Gasteiger partial charge in [0, 0.05) is 13.1 Å². The minimum Gasteiger partial charge on any atom is -0.481 e. The van der Waals surface area contributed by atoms with Crippen LogP contribution in [0.15, 0.2) is 12.1 Å². The average molecular weight is 256 g/mol. The van der Waals surface area contributed by atoms with E-state index in [-0.39, 0.29) is 12.1 Å². The van der Waals surface area contributed by atoms with Crippen molar-refractivity contribution in [3.63, 3.8) is 0 Å². The molecule has 18 heavy (non-hydrogen) atoms. The van der Waals surface area contributed by atoms with Crippen LogP contribution in [-0.2, 0) is 4.79 Å². The van der Waals surface area contributed by atoms with E-state index in [2.05, 4.69) is 10.6 Å². The Bertz CT molecular complexity index is 487. The van der Waals surface area contributed by atoms with Gasteiger partial charge in [-0.05, 0) is 18.6 Å². The van der Waals surface area contributed by atoms with Gasteiger partial charge in [0.2, 0.25) is 0 Å². The maximum atomic E-state index is 13.8. The second kappa shape index (κ2) is 4.53. The zero-order valence-electron chi connectivity index (χ0n) is 9.89. The number of anilines is 1. The molecule has 6 heteroatoms. The summed E-state index contributed by atoms with van der Waals surface area (Å²) in [5.74, 6) is -2.39. The Morgan fingerprint density at radius 1 is 1.50 bits per heavy atom. The highest BCUT2D eigenvalue weighted by molar-refractivity contribution is 5.70. The van der Waals surface area contributed by atoms with Gasteiger partial charge in [-0.2, -0.15) is 0 Å². The van der Waals surface area contributed by atoms with Crippen LogP contribution < -0.4 is 10.6 Å². The maximum absolute atomic E-state index is 13.8. The molecule has 0 radical (unpaired) electrons. The summed E-state index contributed by atoms with van der Waals surface area (Å²) >= 11 is 0. The molecule has 4 nitrogen and oxygen atoms in total. The van der Waals surface area contributed by atoms with Crippen molar-refractivity contribution in [3.8, 4) is 0 Å². The van der Waals surface area contributed by atoms with Crippen LogP contribution in [0.4, 0.5) is 14.5 Å². The number of halogens is 2. The van der Waals surface area contributed by atoms with E-state index in [1.54, 1.807) is 0 Å². The Kier molecular flexibility index (Phi) is 3.21. The third kappa shape index (κ3) is 2.28. The van der Waals surface area contributed by atoms with Gasteiger partial charge in [0.1, 0.15) is 11.5 Å².